The largest absolute Gasteiger partial charge is 0.337 e. The Kier molecular flexibility index (Phi) is 4.02. The van der Waals surface area contributed by atoms with E-state index in [2.05, 4.69) is 4.98 Å². The van der Waals surface area contributed by atoms with Crippen LogP contribution in [0.4, 0.5) is 14.5 Å². The highest BCUT2D eigenvalue weighted by atomic mass is 32.1. The van der Waals surface area contributed by atoms with Crippen LogP contribution >= 0.6 is 11.3 Å². The van der Waals surface area contributed by atoms with Gasteiger partial charge in [-0.15, -0.1) is 0 Å². The third-order valence-electron chi connectivity index (χ3n) is 5.52. The third-order valence-corrected chi connectivity index (χ3v) is 6.19. The smallest absolute Gasteiger partial charge is 0.257 e. The lowest BCUT2D eigenvalue weighted by Gasteiger charge is -2.26. The Bertz CT molecular complexity index is 873. The molecule has 0 aromatic carbocycles. The van der Waals surface area contributed by atoms with E-state index < -0.39 is 23.1 Å². The Hall–Kier alpha value is -2.35. The average molecular weight is 377 g/mol. The number of thiophene rings is 1. The Balaban J connectivity index is 1.59. The summed E-state index contributed by atoms with van der Waals surface area (Å²) in [4.78, 5) is 32.2. The fraction of sp³-hybridized carbons (Fsp3) is 0.389. The molecule has 2 amide bonds. The second-order valence-electron chi connectivity index (χ2n) is 6.92. The maximum Gasteiger partial charge on any atom is 0.257 e. The normalized spacial score (nSPS) is 25.5. The van der Waals surface area contributed by atoms with Crippen molar-refractivity contribution in [2.24, 2.45) is 11.3 Å². The zero-order valence-electron chi connectivity index (χ0n) is 14.1. The summed E-state index contributed by atoms with van der Waals surface area (Å²) in [6.07, 6.45) is 1.34. The molecule has 0 unspecified atom stereocenters. The number of hydrogen-bond donors (Lipinski definition) is 0. The Morgan fingerprint density at radius 3 is 2.96 bits per heavy atom. The number of halogens is 2. The van der Waals surface area contributed by atoms with Gasteiger partial charge < -0.3 is 9.80 Å². The van der Waals surface area contributed by atoms with Gasteiger partial charge in [0.1, 0.15) is 0 Å². The fourth-order valence-corrected chi connectivity index (χ4v) is 4.66. The van der Waals surface area contributed by atoms with Gasteiger partial charge in [-0.1, -0.05) is 6.92 Å². The number of nitrogens with zero attached hydrogens (tertiary/aromatic N) is 3. The number of carbonyl (C=O) groups is 2. The molecule has 1 spiro atoms. The van der Waals surface area contributed by atoms with Crippen LogP contribution in [0.3, 0.4) is 0 Å². The van der Waals surface area contributed by atoms with Crippen LogP contribution in [0.25, 0.3) is 0 Å². The first kappa shape index (κ1) is 17.1. The topological polar surface area (TPSA) is 53.5 Å². The molecule has 26 heavy (non-hydrogen) atoms. The van der Waals surface area contributed by atoms with Crippen molar-refractivity contribution in [3.8, 4) is 0 Å². The first-order valence-corrected chi connectivity index (χ1v) is 9.31. The predicted molar refractivity (Wildman–Crippen MR) is 92.9 cm³/mol. The Morgan fingerprint density at radius 1 is 1.42 bits per heavy atom. The maximum absolute atomic E-state index is 13.9. The molecule has 0 bridgehead atoms. The summed E-state index contributed by atoms with van der Waals surface area (Å²) < 4.78 is 27.2. The maximum atomic E-state index is 13.9. The lowest BCUT2D eigenvalue weighted by Crippen LogP contribution is -2.40. The van der Waals surface area contributed by atoms with Gasteiger partial charge in [0.25, 0.3) is 5.91 Å². The lowest BCUT2D eigenvalue weighted by atomic mass is 9.78. The second kappa shape index (κ2) is 6.12. The summed E-state index contributed by atoms with van der Waals surface area (Å²) in [6.45, 7) is 3.09. The molecule has 0 N–H and O–H groups in total. The van der Waals surface area contributed by atoms with E-state index in [0.29, 0.717) is 25.7 Å². The lowest BCUT2D eigenvalue weighted by molar-refractivity contribution is -0.126. The van der Waals surface area contributed by atoms with Gasteiger partial charge in [0.15, 0.2) is 5.82 Å². The van der Waals surface area contributed by atoms with Crippen LogP contribution in [0.15, 0.2) is 29.1 Å². The molecular formula is C18H17F2N3O2S. The Labute approximate surface area is 153 Å². The van der Waals surface area contributed by atoms with Crippen LogP contribution in [0.5, 0.6) is 0 Å². The van der Waals surface area contributed by atoms with E-state index in [1.807, 2.05) is 23.8 Å². The molecule has 5 nitrogen and oxygen atoms in total. The Morgan fingerprint density at radius 2 is 2.23 bits per heavy atom. The zero-order chi connectivity index (χ0) is 18.5. The second-order valence-corrected chi connectivity index (χ2v) is 7.70. The van der Waals surface area contributed by atoms with Gasteiger partial charge in [0.05, 0.1) is 22.9 Å². The zero-order valence-corrected chi connectivity index (χ0v) is 14.9. The number of rotatable bonds is 2. The first-order valence-electron chi connectivity index (χ1n) is 8.37. The van der Waals surface area contributed by atoms with Crippen molar-refractivity contribution in [2.45, 2.75) is 13.3 Å². The first-order chi connectivity index (χ1) is 12.4. The monoisotopic (exact) mass is 377 g/mol. The van der Waals surface area contributed by atoms with Crippen molar-refractivity contribution in [1.29, 1.82) is 0 Å². The fourth-order valence-electron chi connectivity index (χ4n) is 4.02. The molecule has 0 saturated carbocycles. The minimum Gasteiger partial charge on any atom is -0.337 e. The van der Waals surface area contributed by atoms with E-state index in [4.69, 9.17) is 0 Å². The summed E-state index contributed by atoms with van der Waals surface area (Å²) in [6, 6.07) is 2.71. The SMILES string of the molecule is C[C@@H]1CN(C(=O)c2cc(F)ncc2F)C[C@]12CCN(c1ccsc1)C2=O. The van der Waals surface area contributed by atoms with E-state index >= 15 is 0 Å². The van der Waals surface area contributed by atoms with Gasteiger partial charge in [-0.2, -0.15) is 15.7 Å². The van der Waals surface area contributed by atoms with Gasteiger partial charge in [-0.25, -0.2) is 9.37 Å². The number of anilines is 1. The molecule has 4 rings (SSSR count). The molecule has 2 aromatic rings. The van der Waals surface area contributed by atoms with Gasteiger partial charge >= 0.3 is 0 Å². The molecule has 2 fully saturated rings. The van der Waals surface area contributed by atoms with Crippen LogP contribution < -0.4 is 4.90 Å². The van der Waals surface area contributed by atoms with Crippen molar-refractivity contribution in [3.63, 3.8) is 0 Å². The minimum absolute atomic E-state index is 0.0000749. The highest BCUT2D eigenvalue weighted by Gasteiger charge is 2.56. The number of carbonyl (C=O) groups excluding carboxylic acids is 2. The van der Waals surface area contributed by atoms with E-state index in [-0.39, 0.29) is 23.9 Å². The van der Waals surface area contributed by atoms with Crippen molar-refractivity contribution < 1.29 is 18.4 Å². The van der Waals surface area contributed by atoms with Crippen molar-refractivity contribution in [1.82, 2.24) is 9.88 Å². The predicted octanol–water partition coefficient (Wildman–Crippen LogP) is 2.94. The van der Waals surface area contributed by atoms with Crippen LogP contribution in [-0.2, 0) is 4.79 Å². The van der Waals surface area contributed by atoms with Gasteiger partial charge in [-0.3, -0.25) is 9.59 Å². The van der Waals surface area contributed by atoms with Crippen molar-refractivity contribution in [3.05, 3.63) is 46.4 Å². The molecule has 136 valence electrons. The number of aromatic nitrogens is 1. The van der Waals surface area contributed by atoms with Crippen LogP contribution in [0, 0.1) is 23.1 Å². The average Bonchev–Trinajstić information content (AvgIpc) is 3.32. The van der Waals surface area contributed by atoms with E-state index in [1.165, 1.54) is 16.2 Å². The molecule has 2 saturated heterocycles. The van der Waals surface area contributed by atoms with E-state index in [9.17, 15) is 18.4 Å². The molecular weight excluding hydrogens is 360 g/mol. The highest BCUT2D eigenvalue weighted by molar-refractivity contribution is 7.08. The van der Waals surface area contributed by atoms with Crippen molar-refractivity contribution in [2.75, 3.05) is 24.5 Å². The quantitative estimate of drug-likeness (QED) is 0.756. The molecule has 0 radical (unpaired) electrons. The summed E-state index contributed by atoms with van der Waals surface area (Å²) in [5, 5.41) is 3.84. The van der Waals surface area contributed by atoms with Crippen LogP contribution in [0.2, 0.25) is 0 Å². The molecule has 2 atom stereocenters. The molecule has 2 aliphatic heterocycles. The summed E-state index contributed by atoms with van der Waals surface area (Å²) in [5.74, 6) is -2.42. The van der Waals surface area contributed by atoms with E-state index in [1.54, 1.807) is 4.90 Å². The number of amides is 2. The summed E-state index contributed by atoms with van der Waals surface area (Å²) in [7, 11) is 0. The van der Waals surface area contributed by atoms with Crippen molar-refractivity contribution >= 4 is 28.8 Å². The van der Waals surface area contributed by atoms with Gasteiger partial charge in [0.2, 0.25) is 11.9 Å². The van der Waals surface area contributed by atoms with E-state index in [0.717, 1.165) is 11.8 Å². The number of hydrogen-bond acceptors (Lipinski definition) is 4. The van der Waals surface area contributed by atoms with Crippen LogP contribution in [0.1, 0.15) is 23.7 Å². The molecule has 2 aromatic heterocycles. The molecule has 2 aliphatic rings. The molecule has 8 heteroatoms. The number of pyridine rings is 1. The van der Waals surface area contributed by atoms with Gasteiger partial charge in [0, 0.05) is 31.1 Å². The highest BCUT2D eigenvalue weighted by Crippen LogP contribution is 2.46. The number of likely N-dealkylation sites (tertiary alicyclic amines) is 1. The summed E-state index contributed by atoms with van der Waals surface area (Å²) >= 11 is 1.52. The van der Waals surface area contributed by atoms with Crippen LogP contribution in [-0.4, -0.2) is 41.3 Å². The third kappa shape index (κ3) is 2.51. The summed E-state index contributed by atoms with van der Waals surface area (Å²) in [5.41, 5.74) is -0.141. The molecule has 0 aliphatic carbocycles. The standard InChI is InChI=1S/C18H17F2N3O2S/c1-11-8-22(16(24)13-6-15(20)21-7-14(13)19)10-18(11)3-4-23(17(18)25)12-2-5-26-9-12/h2,5-7,9,11H,3-4,8,10H2,1H3/t11-,18-/m1/s1. The van der Waals surface area contributed by atoms with Gasteiger partial charge in [-0.05, 0) is 23.8 Å². The minimum atomic E-state index is -0.905. The molecule has 4 heterocycles.